The van der Waals surface area contributed by atoms with Crippen molar-refractivity contribution in [3.8, 4) is 0 Å². The monoisotopic (exact) mass is 254 g/mol. The highest BCUT2D eigenvalue weighted by molar-refractivity contribution is 5.94. The van der Waals surface area contributed by atoms with Gasteiger partial charge in [-0.3, -0.25) is 14.4 Å². The summed E-state index contributed by atoms with van der Waals surface area (Å²) in [7, 11) is 1.46. The summed E-state index contributed by atoms with van der Waals surface area (Å²) >= 11 is 0. The Hall–Kier alpha value is -2.31. The van der Waals surface area contributed by atoms with Crippen LogP contribution in [0.25, 0.3) is 0 Å². The van der Waals surface area contributed by atoms with Crippen LogP contribution < -0.4 is 5.32 Å². The van der Waals surface area contributed by atoms with Crippen LogP contribution in [0.5, 0.6) is 0 Å². The van der Waals surface area contributed by atoms with Crippen LogP contribution >= 0.6 is 0 Å². The molecule has 0 aliphatic heterocycles. The molecule has 0 atom stereocenters. The summed E-state index contributed by atoms with van der Waals surface area (Å²) in [5.74, 6) is -1.67. The maximum Gasteiger partial charge on any atom is 0.305 e. The molecule has 7 heteroatoms. The topological polar surface area (TPSA) is 99.9 Å². The van der Waals surface area contributed by atoms with Gasteiger partial charge in [0.05, 0.1) is 19.2 Å². The van der Waals surface area contributed by atoms with Crippen LogP contribution in [-0.2, 0) is 9.59 Å². The largest absolute Gasteiger partial charge is 0.481 e. The van der Waals surface area contributed by atoms with Crippen LogP contribution in [0.2, 0.25) is 0 Å². The molecule has 98 valence electrons. The summed E-state index contributed by atoms with van der Waals surface area (Å²) in [5, 5.41) is 10.8. The number of carbonyl (C=O) groups excluding carboxylic acids is 2. The van der Waals surface area contributed by atoms with E-state index in [2.05, 4.69) is 5.32 Å². The van der Waals surface area contributed by atoms with Gasteiger partial charge in [0.1, 0.15) is 0 Å². The number of aliphatic carboxylic acids is 1. The van der Waals surface area contributed by atoms with Crippen LogP contribution in [0.3, 0.4) is 0 Å². The Morgan fingerprint density at radius 3 is 2.72 bits per heavy atom. The SMILES string of the molecule is CN(CC(=O)NCCC(=O)O)C(=O)c1ccco1. The number of hydrogen-bond donors (Lipinski definition) is 2. The van der Waals surface area contributed by atoms with Gasteiger partial charge in [0.15, 0.2) is 5.76 Å². The van der Waals surface area contributed by atoms with Gasteiger partial charge >= 0.3 is 5.97 Å². The van der Waals surface area contributed by atoms with Crippen molar-refractivity contribution in [3.63, 3.8) is 0 Å². The normalized spacial score (nSPS) is 9.83. The molecule has 0 bridgehead atoms. The fourth-order valence-corrected chi connectivity index (χ4v) is 1.24. The summed E-state index contributed by atoms with van der Waals surface area (Å²) in [4.78, 5) is 34.5. The van der Waals surface area contributed by atoms with Crippen LogP contribution in [-0.4, -0.2) is 47.9 Å². The van der Waals surface area contributed by atoms with E-state index in [0.717, 1.165) is 0 Å². The average Bonchev–Trinajstić information content (AvgIpc) is 2.80. The van der Waals surface area contributed by atoms with Gasteiger partial charge in [-0.05, 0) is 12.1 Å². The molecule has 0 radical (unpaired) electrons. The van der Waals surface area contributed by atoms with Crippen LogP contribution in [0.15, 0.2) is 22.8 Å². The molecule has 1 aromatic heterocycles. The van der Waals surface area contributed by atoms with Crippen molar-refractivity contribution >= 4 is 17.8 Å². The molecule has 0 spiro atoms. The van der Waals surface area contributed by atoms with Crippen molar-refractivity contribution in [2.75, 3.05) is 20.1 Å². The summed E-state index contributed by atoms with van der Waals surface area (Å²) in [6.45, 7) is -0.115. The minimum absolute atomic E-state index is 0.0386. The third-order valence-electron chi connectivity index (χ3n) is 2.12. The Kier molecular flexibility index (Phi) is 4.91. The Balaban J connectivity index is 2.35. The van der Waals surface area contributed by atoms with Gasteiger partial charge in [-0.25, -0.2) is 0 Å². The van der Waals surface area contributed by atoms with Gasteiger partial charge in [-0.2, -0.15) is 0 Å². The van der Waals surface area contributed by atoms with E-state index >= 15 is 0 Å². The summed E-state index contributed by atoms with van der Waals surface area (Å²) in [6, 6.07) is 3.08. The molecule has 0 unspecified atom stereocenters. The second kappa shape index (κ2) is 6.43. The molecule has 0 aliphatic carbocycles. The predicted molar refractivity (Wildman–Crippen MR) is 60.9 cm³/mol. The van der Waals surface area contributed by atoms with E-state index in [-0.39, 0.29) is 25.3 Å². The lowest BCUT2D eigenvalue weighted by Gasteiger charge is -2.15. The molecule has 0 fully saturated rings. The number of carboxylic acids is 1. The molecular formula is C11H14N2O5. The zero-order chi connectivity index (χ0) is 13.5. The second-order valence-electron chi connectivity index (χ2n) is 3.63. The zero-order valence-corrected chi connectivity index (χ0v) is 9.88. The van der Waals surface area contributed by atoms with Crippen molar-refractivity contribution in [2.24, 2.45) is 0 Å². The molecule has 0 aliphatic rings. The summed E-state index contributed by atoms with van der Waals surface area (Å²) < 4.78 is 4.91. The maximum absolute atomic E-state index is 11.7. The molecule has 2 N–H and O–H groups in total. The molecule has 7 nitrogen and oxygen atoms in total. The third kappa shape index (κ3) is 4.28. The van der Waals surface area contributed by atoms with E-state index in [0.29, 0.717) is 0 Å². The Labute approximate surface area is 103 Å². The molecule has 0 saturated heterocycles. The summed E-state index contributed by atoms with van der Waals surface area (Å²) in [6.07, 6.45) is 1.22. The van der Waals surface area contributed by atoms with Gasteiger partial charge in [-0.15, -0.1) is 0 Å². The second-order valence-corrected chi connectivity index (χ2v) is 3.63. The van der Waals surface area contributed by atoms with Crippen LogP contribution in [0.1, 0.15) is 17.0 Å². The number of nitrogens with zero attached hydrogens (tertiary/aromatic N) is 1. The number of amides is 2. The predicted octanol–water partition coefficient (Wildman–Crippen LogP) is -0.0575. The molecule has 0 saturated carbocycles. The van der Waals surface area contributed by atoms with Gasteiger partial charge in [-0.1, -0.05) is 0 Å². The lowest BCUT2D eigenvalue weighted by molar-refractivity contribution is -0.136. The number of carboxylic acid groups (broad SMARTS) is 1. The molecular weight excluding hydrogens is 240 g/mol. The minimum Gasteiger partial charge on any atom is -0.481 e. The lowest BCUT2D eigenvalue weighted by Crippen LogP contribution is -2.38. The first-order valence-corrected chi connectivity index (χ1v) is 5.28. The molecule has 2 amide bonds. The van der Waals surface area contributed by atoms with Crippen molar-refractivity contribution < 1.29 is 23.9 Å². The third-order valence-corrected chi connectivity index (χ3v) is 2.12. The highest BCUT2D eigenvalue weighted by atomic mass is 16.4. The standard InChI is InChI=1S/C11H14N2O5/c1-13(11(17)8-3-2-6-18-8)7-9(14)12-5-4-10(15)16/h2-3,6H,4-5,7H2,1H3,(H,12,14)(H,15,16). The molecule has 1 rings (SSSR count). The first-order valence-electron chi connectivity index (χ1n) is 5.28. The number of nitrogens with one attached hydrogen (secondary N) is 1. The molecule has 1 heterocycles. The van der Waals surface area contributed by atoms with E-state index in [4.69, 9.17) is 9.52 Å². The average molecular weight is 254 g/mol. The van der Waals surface area contributed by atoms with E-state index < -0.39 is 17.8 Å². The van der Waals surface area contributed by atoms with E-state index in [1.54, 1.807) is 6.07 Å². The van der Waals surface area contributed by atoms with E-state index in [9.17, 15) is 14.4 Å². The van der Waals surface area contributed by atoms with E-state index in [1.807, 2.05) is 0 Å². The fourth-order valence-electron chi connectivity index (χ4n) is 1.24. The molecule has 0 aromatic carbocycles. The van der Waals surface area contributed by atoms with Crippen molar-refractivity contribution in [1.82, 2.24) is 10.2 Å². The maximum atomic E-state index is 11.7. The quantitative estimate of drug-likeness (QED) is 0.741. The van der Waals surface area contributed by atoms with Gasteiger partial charge in [0.25, 0.3) is 5.91 Å². The first-order chi connectivity index (χ1) is 8.50. The highest BCUT2D eigenvalue weighted by Crippen LogP contribution is 2.03. The Morgan fingerprint density at radius 2 is 2.17 bits per heavy atom. The number of carbonyl (C=O) groups is 3. The molecule has 1 aromatic rings. The smallest absolute Gasteiger partial charge is 0.305 e. The number of rotatable bonds is 6. The van der Waals surface area contributed by atoms with Gasteiger partial charge in [0, 0.05) is 13.6 Å². The lowest BCUT2D eigenvalue weighted by atomic mass is 10.3. The Morgan fingerprint density at radius 1 is 1.44 bits per heavy atom. The van der Waals surface area contributed by atoms with Crippen molar-refractivity contribution in [3.05, 3.63) is 24.2 Å². The van der Waals surface area contributed by atoms with E-state index in [1.165, 1.54) is 24.3 Å². The number of likely N-dealkylation sites (N-methyl/N-ethyl adjacent to an activating group) is 1. The minimum atomic E-state index is -0.990. The van der Waals surface area contributed by atoms with Gasteiger partial charge in [0.2, 0.25) is 5.91 Å². The zero-order valence-electron chi connectivity index (χ0n) is 9.88. The number of furan rings is 1. The first kappa shape index (κ1) is 13.8. The summed E-state index contributed by atoms with van der Waals surface area (Å²) in [5.41, 5.74) is 0. The van der Waals surface area contributed by atoms with Gasteiger partial charge < -0.3 is 19.7 Å². The Bertz CT molecular complexity index is 427. The molecule has 18 heavy (non-hydrogen) atoms. The number of hydrogen-bond acceptors (Lipinski definition) is 4. The van der Waals surface area contributed by atoms with Crippen LogP contribution in [0.4, 0.5) is 0 Å². The highest BCUT2D eigenvalue weighted by Gasteiger charge is 2.16. The van der Waals surface area contributed by atoms with Crippen molar-refractivity contribution in [1.29, 1.82) is 0 Å². The van der Waals surface area contributed by atoms with Crippen LogP contribution in [0, 0.1) is 0 Å². The fraction of sp³-hybridized carbons (Fsp3) is 0.364. The van der Waals surface area contributed by atoms with Crippen molar-refractivity contribution in [2.45, 2.75) is 6.42 Å².